The fourth-order valence-electron chi connectivity index (χ4n) is 2.61. The number of ether oxygens (including phenoxy) is 1. The zero-order valence-electron chi connectivity index (χ0n) is 10.9. The molecule has 2 aromatic heterocycles. The van der Waals surface area contributed by atoms with E-state index in [1.165, 1.54) is 5.56 Å². The second kappa shape index (κ2) is 4.90. The highest BCUT2D eigenvalue weighted by atomic mass is 35.5. The van der Waals surface area contributed by atoms with E-state index in [9.17, 15) is 0 Å². The first-order chi connectivity index (χ1) is 10.2. The van der Waals surface area contributed by atoms with Crippen molar-refractivity contribution < 1.29 is 4.74 Å². The summed E-state index contributed by atoms with van der Waals surface area (Å²) in [6, 6.07) is 9.82. The monoisotopic (exact) mass is 319 g/mol. The molecule has 21 heavy (non-hydrogen) atoms. The SMILES string of the molecule is Clc1cc2[nH]c(C3COc4ccccc4C3)nc2nc1Cl. The molecule has 0 aliphatic carbocycles. The van der Waals surface area contributed by atoms with Gasteiger partial charge in [0.2, 0.25) is 0 Å². The largest absolute Gasteiger partial charge is 0.493 e. The lowest BCUT2D eigenvalue weighted by Gasteiger charge is -2.23. The van der Waals surface area contributed by atoms with Gasteiger partial charge < -0.3 is 9.72 Å². The smallest absolute Gasteiger partial charge is 0.179 e. The number of para-hydroxylation sites is 1. The minimum absolute atomic E-state index is 0.173. The van der Waals surface area contributed by atoms with Crippen molar-refractivity contribution in [3.8, 4) is 5.75 Å². The van der Waals surface area contributed by atoms with Crippen LogP contribution in [0, 0.1) is 0 Å². The molecule has 0 spiro atoms. The van der Waals surface area contributed by atoms with Crippen molar-refractivity contribution in [1.82, 2.24) is 15.0 Å². The Bertz CT molecular complexity index is 792. The van der Waals surface area contributed by atoms with Gasteiger partial charge in [-0.3, -0.25) is 0 Å². The first-order valence-corrected chi connectivity index (χ1v) is 7.38. The molecule has 4 rings (SSSR count). The van der Waals surface area contributed by atoms with E-state index >= 15 is 0 Å². The molecule has 1 N–H and O–H groups in total. The second-order valence-corrected chi connectivity index (χ2v) is 5.84. The van der Waals surface area contributed by atoms with Crippen LogP contribution in [0.1, 0.15) is 17.3 Å². The third-order valence-corrected chi connectivity index (χ3v) is 4.34. The summed E-state index contributed by atoms with van der Waals surface area (Å²) >= 11 is 11.9. The highest BCUT2D eigenvalue weighted by molar-refractivity contribution is 6.41. The van der Waals surface area contributed by atoms with E-state index in [1.54, 1.807) is 6.07 Å². The number of pyridine rings is 1. The number of benzene rings is 1. The summed E-state index contributed by atoms with van der Waals surface area (Å²) in [6.45, 7) is 0.596. The predicted octanol–water partition coefficient (Wildman–Crippen LogP) is 3.98. The number of aromatic nitrogens is 3. The number of halogens is 2. The molecular weight excluding hydrogens is 309 g/mol. The summed E-state index contributed by atoms with van der Waals surface area (Å²) in [5.74, 6) is 1.98. The van der Waals surface area contributed by atoms with Gasteiger partial charge in [-0.25, -0.2) is 9.97 Å². The van der Waals surface area contributed by atoms with Gasteiger partial charge in [0.15, 0.2) is 5.65 Å². The number of hydrogen-bond acceptors (Lipinski definition) is 3. The highest BCUT2D eigenvalue weighted by Crippen LogP contribution is 2.32. The van der Waals surface area contributed by atoms with Gasteiger partial charge in [0.25, 0.3) is 0 Å². The summed E-state index contributed by atoms with van der Waals surface area (Å²) < 4.78 is 5.80. The Morgan fingerprint density at radius 1 is 1.19 bits per heavy atom. The normalized spacial score (nSPS) is 17.5. The minimum Gasteiger partial charge on any atom is -0.493 e. The maximum absolute atomic E-state index is 5.98. The molecule has 0 saturated heterocycles. The quantitative estimate of drug-likeness (QED) is 0.690. The van der Waals surface area contributed by atoms with Gasteiger partial charge in [0, 0.05) is 0 Å². The van der Waals surface area contributed by atoms with E-state index in [0.29, 0.717) is 17.3 Å². The van der Waals surface area contributed by atoms with Gasteiger partial charge in [-0.15, -0.1) is 0 Å². The van der Waals surface area contributed by atoms with Crippen LogP contribution in [0.25, 0.3) is 11.2 Å². The third kappa shape index (κ3) is 2.24. The average molecular weight is 320 g/mol. The van der Waals surface area contributed by atoms with Crippen molar-refractivity contribution in [2.45, 2.75) is 12.3 Å². The van der Waals surface area contributed by atoms with Crippen molar-refractivity contribution in [1.29, 1.82) is 0 Å². The van der Waals surface area contributed by atoms with E-state index in [0.717, 1.165) is 23.5 Å². The third-order valence-electron chi connectivity index (χ3n) is 3.67. The van der Waals surface area contributed by atoms with Crippen molar-refractivity contribution >= 4 is 34.4 Å². The molecule has 106 valence electrons. The van der Waals surface area contributed by atoms with Crippen molar-refractivity contribution in [3.05, 3.63) is 51.9 Å². The number of H-pyrrole nitrogens is 1. The van der Waals surface area contributed by atoms with Crippen LogP contribution in [0.2, 0.25) is 10.2 Å². The molecule has 1 aliphatic heterocycles. The number of nitrogens with zero attached hydrogens (tertiary/aromatic N) is 2. The molecule has 4 nitrogen and oxygen atoms in total. The first kappa shape index (κ1) is 12.9. The van der Waals surface area contributed by atoms with Gasteiger partial charge in [-0.2, -0.15) is 0 Å². The highest BCUT2D eigenvalue weighted by Gasteiger charge is 2.24. The molecule has 1 aliphatic rings. The Balaban J connectivity index is 1.71. The van der Waals surface area contributed by atoms with Crippen LogP contribution in [0.5, 0.6) is 5.75 Å². The van der Waals surface area contributed by atoms with Gasteiger partial charge in [0.1, 0.15) is 16.7 Å². The van der Waals surface area contributed by atoms with E-state index in [4.69, 9.17) is 27.9 Å². The minimum atomic E-state index is 0.173. The molecule has 1 unspecified atom stereocenters. The van der Waals surface area contributed by atoms with E-state index in [1.807, 2.05) is 18.2 Å². The number of hydrogen-bond donors (Lipinski definition) is 1. The maximum Gasteiger partial charge on any atom is 0.179 e. The van der Waals surface area contributed by atoms with Crippen molar-refractivity contribution in [2.24, 2.45) is 0 Å². The zero-order chi connectivity index (χ0) is 14.4. The Hall–Kier alpha value is -1.78. The fourth-order valence-corrected chi connectivity index (χ4v) is 2.90. The lowest BCUT2D eigenvalue weighted by Crippen LogP contribution is -2.20. The Morgan fingerprint density at radius 3 is 2.95 bits per heavy atom. The van der Waals surface area contributed by atoms with Crippen molar-refractivity contribution in [2.75, 3.05) is 6.61 Å². The predicted molar refractivity (Wildman–Crippen MR) is 82.3 cm³/mol. The number of rotatable bonds is 1. The molecular formula is C15H11Cl2N3O. The number of fused-ring (bicyclic) bond motifs is 2. The molecule has 0 bridgehead atoms. The van der Waals surface area contributed by atoms with Crippen LogP contribution in [0.4, 0.5) is 0 Å². The Morgan fingerprint density at radius 2 is 2.05 bits per heavy atom. The first-order valence-electron chi connectivity index (χ1n) is 6.63. The molecule has 0 saturated carbocycles. The second-order valence-electron chi connectivity index (χ2n) is 5.07. The molecule has 3 heterocycles. The Kier molecular flexibility index (Phi) is 3.01. The van der Waals surface area contributed by atoms with Crippen LogP contribution < -0.4 is 4.74 Å². The lowest BCUT2D eigenvalue weighted by atomic mass is 9.96. The molecule has 0 radical (unpaired) electrons. The van der Waals surface area contributed by atoms with Gasteiger partial charge in [0.05, 0.1) is 23.1 Å². The van der Waals surface area contributed by atoms with Gasteiger partial charge in [-0.05, 0) is 24.1 Å². The van der Waals surface area contributed by atoms with Crippen LogP contribution >= 0.6 is 23.2 Å². The fraction of sp³-hybridized carbons (Fsp3) is 0.200. The Labute approximate surface area is 131 Å². The van der Waals surface area contributed by atoms with E-state index in [2.05, 4.69) is 21.0 Å². The molecule has 1 atom stereocenters. The summed E-state index contributed by atoms with van der Waals surface area (Å²) in [7, 11) is 0. The van der Waals surface area contributed by atoms with Gasteiger partial charge in [-0.1, -0.05) is 41.4 Å². The number of nitrogens with one attached hydrogen (secondary N) is 1. The lowest BCUT2D eigenvalue weighted by molar-refractivity contribution is 0.258. The molecule has 0 amide bonds. The number of imidazole rings is 1. The maximum atomic E-state index is 5.98. The summed E-state index contributed by atoms with van der Waals surface area (Å²) in [6.07, 6.45) is 0.886. The van der Waals surface area contributed by atoms with E-state index in [-0.39, 0.29) is 11.1 Å². The van der Waals surface area contributed by atoms with Crippen molar-refractivity contribution in [3.63, 3.8) is 0 Å². The molecule has 0 fully saturated rings. The summed E-state index contributed by atoms with van der Waals surface area (Å²) in [5, 5.41) is 0.692. The van der Waals surface area contributed by atoms with Crippen LogP contribution in [-0.4, -0.2) is 21.6 Å². The average Bonchev–Trinajstić information content (AvgIpc) is 2.90. The van der Waals surface area contributed by atoms with Crippen LogP contribution in [0.3, 0.4) is 0 Å². The summed E-state index contributed by atoms with van der Waals surface area (Å²) in [5.41, 5.74) is 2.56. The van der Waals surface area contributed by atoms with Gasteiger partial charge >= 0.3 is 0 Å². The topological polar surface area (TPSA) is 50.8 Å². The van der Waals surface area contributed by atoms with E-state index < -0.39 is 0 Å². The standard InChI is InChI=1S/C15H11Cl2N3O/c16-10-6-11-15(19-13(10)17)20-14(18-11)9-5-8-3-1-2-4-12(8)21-7-9/h1-4,6,9H,5,7H2,(H,18,19,20). The zero-order valence-corrected chi connectivity index (χ0v) is 12.4. The molecule has 6 heteroatoms. The molecule has 3 aromatic rings. The van der Waals surface area contributed by atoms with Crippen LogP contribution in [0.15, 0.2) is 30.3 Å². The molecule has 1 aromatic carbocycles. The number of aromatic amines is 1. The van der Waals surface area contributed by atoms with Crippen LogP contribution in [-0.2, 0) is 6.42 Å². The summed E-state index contributed by atoms with van der Waals surface area (Å²) in [4.78, 5) is 12.0.